The second-order valence-corrected chi connectivity index (χ2v) is 5.69. The highest BCUT2D eigenvalue weighted by molar-refractivity contribution is 6.39. The van der Waals surface area contributed by atoms with Crippen LogP contribution in [0.3, 0.4) is 0 Å². The first-order valence-corrected chi connectivity index (χ1v) is 7.84. The molecule has 0 saturated heterocycles. The van der Waals surface area contributed by atoms with Crippen LogP contribution >= 0.6 is 0 Å². The standard InChI is InChI=1S/C19H19N3O2/c1-13-6-8-15(9-7-13)22-19(24)18(23)20-11-10-14-12-21-17-5-3-2-4-16(14)17/h2-9,12,21H,10-11H2,1H3,(H,20,23)(H,22,24). The van der Waals surface area contributed by atoms with Crippen LogP contribution in [0.2, 0.25) is 0 Å². The van der Waals surface area contributed by atoms with Crippen LogP contribution in [0.4, 0.5) is 5.69 Å². The Balaban J connectivity index is 1.51. The lowest BCUT2D eigenvalue weighted by Gasteiger charge is -2.06. The van der Waals surface area contributed by atoms with Crippen LogP contribution < -0.4 is 10.6 Å². The summed E-state index contributed by atoms with van der Waals surface area (Å²) in [6.07, 6.45) is 2.59. The number of carbonyl (C=O) groups is 2. The van der Waals surface area contributed by atoms with Gasteiger partial charge in [-0.25, -0.2) is 0 Å². The molecule has 0 atom stereocenters. The number of hydrogen-bond acceptors (Lipinski definition) is 2. The molecule has 0 unspecified atom stereocenters. The van der Waals surface area contributed by atoms with E-state index in [9.17, 15) is 9.59 Å². The number of hydrogen-bond donors (Lipinski definition) is 3. The average Bonchev–Trinajstić information content (AvgIpc) is 3.00. The molecule has 0 aliphatic rings. The van der Waals surface area contributed by atoms with Crippen molar-refractivity contribution in [3.63, 3.8) is 0 Å². The summed E-state index contributed by atoms with van der Waals surface area (Å²) in [5.74, 6) is -1.28. The number of para-hydroxylation sites is 1. The Labute approximate surface area is 140 Å². The van der Waals surface area contributed by atoms with Gasteiger partial charge in [-0.3, -0.25) is 9.59 Å². The van der Waals surface area contributed by atoms with Gasteiger partial charge in [-0.1, -0.05) is 35.9 Å². The minimum absolute atomic E-state index is 0.405. The minimum Gasteiger partial charge on any atom is -0.361 e. The fraction of sp³-hybridized carbons (Fsp3) is 0.158. The maximum Gasteiger partial charge on any atom is 0.313 e. The smallest absolute Gasteiger partial charge is 0.313 e. The summed E-state index contributed by atoms with van der Waals surface area (Å²) < 4.78 is 0. The predicted octanol–water partition coefficient (Wildman–Crippen LogP) is 2.77. The van der Waals surface area contributed by atoms with E-state index in [1.54, 1.807) is 12.1 Å². The van der Waals surface area contributed by atoms with Gasteiger partial charge < -0.3 is 15.6 Å². The molecule has 3 N–H and O–H groups in total. The molecule has 3 rings (SSSR count). The number of aryl methyl sites for hydroxylation is 1. The first kappa shape index (κ1) is 15.8. The maximum atomic E-state index is 11.9. The van der Waals surface area contributed by atoms with Crippen molar-refractivity contribution in [1.82, 2.24) is 10.3 Å². The van der Waals surface area contributed by atoms with Crippen molar-refractivity contribution in [1.29, 1.82) is 0 Å². The number of aromatic amines is 1. The molecule has 0 fully saturated rings. The fourth-order valence-corrected chi connectivity index (χ4v) is 2.55. The van der Waals surface area contributed by atoms with E-state index in [-0.39, 0.29) is 0 Å². The molecule has 1 aromatic heterocycles. The zero-order valence-electron chi connectivity index (χ0n) is 13.4. The molecule has 2 amide bonds. The molecule has 122 valence electrons. The van der Waals surface area contributed by atoms with E-state index in [1.807, 2.05) is 49.5 Å². The Morgan fingerprint density at radius 2 is 1.75 bits per heavy atom. The second-order valence-electron chi connectivity index (χ2n) is 5.69. The fourth-order valence-electron chi connectivity index (χ4n) is 2.55. The van der Waals surface area contributed by atoms with Gasteiger partial charge in [0.1, 0.15) is 0 Å². The molecule has 2 aromatic carbocycles. The predicted molar refractivity (Wildman–Crippen MR) is 94.8 cm³/mol. The van der Waals surface area contributed by atoms with Crippen LogP contribution in [0.5, 0.6) is 0 Å². The molecular formula is C19H19N3O2. The van der Waals surface area contributed by atoms with Crippen LogP contribution in [0.25, 0.3) is 10.9 Å². The lowest BCUT2D eigenvalue weighted by atomic mass is 10.1. The van der Waals surface area contributed by atoms with Gasteiger partial charge in [0.15, 0.2) is 0 Å². The molecule has 0 aliphatic carbocycles. The SMILES string of the molecule is Cc1ccc(NC(=O)C(=O)NCCc2c[nH]c3ccccc23)cc1. The molecule has 0 aliphatic heterocycles. The quantitative estimate of drug-likeness (QED) is 0.646. The molecule has 0 radical (unpaired) electrons. The van der Waals surface area contributed by atoms with Crippen LogP contribution in [-0.4, -0.2) is 23.3 Å². The second kappa shape index (κ2) is 7.00. The number of aromatic nitrogens is 1. The van der Waals surface area contributed by atoms with Crippen LogP contribution in [0.15, 0.2) is 54.7 Å². The number of carbonyl (C=O) groups excluding carboxylic acids is 2. The summed E-state index contributed by atoms with van der Waals surface area (Å²) >= 11 is 0. The van der Waals surface area contributed by atoms with E-state index in [4.69, 9.17) is 0 Å². The van der Waals surface area contributed by atoms with Crippen molar-refractivity contribution >= 4 is 28.4 Å². The highest BCUT2D eigenvalue weighted by atomic mass is 16.2. The molecule has 5 heteroatoms. The van der Waals surface area contributed by atoms with Gasteiger partial charge in [-0.05, 0) is 37.1 Å². The number of anilines is 1. The molecule has 1 heterocycles. The number of rotatable bonds is 4. The van der Waals surface area contributed by atoms with Crippen molar-refractivity contribution < 1.29 is 9.59 Å². The van der Waals surface area contributed by atoms with Gasteiger partial charge in [-0.2, -0.15) is 0 Å². The summed E-state index contributed by atoms with van der Waals surface area (Å²) in [6.45, 7) is 2.37. The van der Waals surface area contributed by atoms with Gasteiger partial charge >= 0.3 is 11.8 Å². The van der Waals surface area contributed by atoms with E-state index < -0.39 is 11.8 Å². The molecular weight excluding hydrogens is 302 g/mol. The Bertz CT molecular complexity index is 866. The van der Waals surface area contributed by atoms with Crippen molar-refractivity contribution in [3.05, 3.63) is 65.9 Å². The average molecular weight is 321 g/mol. The van der Waals surface area contributed by atoms with E-state index in [0.717, 1.165) is 22.0 Å². The largest absolute Gasteiger partial charge is 0.361 e. The van der Waals surface area contributed by atoms with E-state index in [0.29, 0.717) is 18.7 Å². The molecule has 24 heavy (non-hydrogen) atoms. The Morgan fingerprint density at radius 1 is 1.00 bits per heavy atom. The monoisotopic (exact) mass is 321 g/mol. The highest BCUT2D eigenvalue weighted by Crippen LogP contribution is 2.17. The van der Waals surface area contributed by atoms with Crippen LogP contribution in [-0.2, 0) is 16.0 Å². The summed E-state index contributed by atoms with van der Waals surface area (Å²) in [6, 6.07) is 15.3. The van der Waals surface area contributed by atoms with Crippen LogP contribution in [0.1, 0.15) is 11.1 Å². The van der Waals surface area contributed by atoms with Gasteiger partial charge in [0.25, 0.3) is 0 Å². The first-order valence-electron chi connectivity index (χ1n) is 7.84. The third-order valence-electron chi connectivity index (χ3n) is 3.87. The Morgan fingerprint density at radius 3 is 2.54 bits per heavy atom. The normalized spacial score (nSPS) is 10.5. The van der Waals surface area contributed by atoms with Gasteiger partial charge in [0.2, 0.25) is 0 Å². The number of nitrogens with one attached hydrogen (secondary N) is 3. The Hall–Kier alpha value is -3.08. The summed E-state index contributed by atoms with van der Waals surface area (Å²) in [5.41, 5.74) is 3.88. The van der Waals surface area contributed by atoms with Crippen molar-refractivity contribution in [2.45, 2.75) is 13.3 Å². The summed E-state index contributed by atoms with van der Waals surface area (Å²) in [4.78, 5) is 26.9. The third-order valence-corrected chi connectivity index (χ3v) is 3.87. The van der Waals surface area contributed by atoms with Gasteiger partial charge in [0.05, 0.1) is 0 Å². The molecule has 0 spiro atoms. The highest BCUT2D eigenvalue weighted by Gasteiger charge is 2.13. The van der Waals surface area contributed by atoms with Crippen LogP contribution in [0, 0.1) is 6.92 Å². The zero-order valence-corrected chi connectivity index (χ0v) is 13.4. The number of H-pyrrole nitrogens is 1. The maximum absolute atomic E-state index is 11.9. The first-order chi connectivity index (χ1) is 11.6. The van der Waals surface area contributed by atoms with Gasteiger partial charge in [0, 0.05) is 29.3 Å². The molecule has 5 nitrogen and oxygen atoms in total. The van der Waals surface area contributed by atoms with Gasteiger partial charge in [-0.15, -0.1) is 0 Å². The third kappa shape index (κ3) is 3.63. The lowest BCUT2D eigenvalue weighted by Crippen LogP contribution is -2.36. The summed E-state index contributed by atoms with van der Waals surface area (Å²) in [5, 5.41) is 6.37. The van der Waals surface area contributed by atoms with E-state index in [2.05, 4.69) is 15.6 Å². The lowest BCUT2D eigenvalue weighted by molar-refractivity contribution is -0.136. The number of fused-ring (bicyclic) bond motifs is 1. The van der Waals surface area contributed by atoms with E-state index >= 15 is 0 Å². The van der Waals surface area contributed by atoms with E-state index in [1.165, 1.54) is 0 Å². The topological polar surface area (TPSA) is 74.0 Å². The minimum atomic E-state index is -0.655. The van der Waals surface area contributed by atoms with Crippen molar-refractivity contribution in [2.75, 3.05) is 11.9 Å². The Kier molecular flexibility index (Phi) is 4.61. The zero-order chi connectivity index (χ0) is 16.9. The summed E-state index contributed by atoms with van der Waals surface area (Å²) in [7, 11) is 0. The molecule has 3 aromatic rings. The van der Waals surface area contributed by atoms with Crippen molar-refractivity contribution in [3.8, 4) is 0 Å². The number of amides is 2. The molecule has 0 saturated carbocycles. The van der Waals surface area contributed by atoms with Crippen molar-refractivity contribution in [2.24, 2.45) is 0 Å². The number of benzene rings is 2. The molecule has 0 bridgehead atoms.